The third-order valence-electron chi connectivity index (χ3n) is 2.51. The number of nitrogen functional groups attached to an aromatic ring is 1. The molecule has 0 aliphatic carbocycles. The van der Waals surface area contributed by atoms with Crippen molar-refractivity contribution in [3.8, 4) is 5.75 Å². The van der Waals surface area contributed by atoms with E-state index in [9.17, 15) is 14.7 Å². The summed E-state index contributed by atoms with van der Waals surface area (Å²) >= 11 is 0. The summed E-state index contributed by atoms with van der Waals surface area (Å²) in [6.07, 6.45) is -1.22. The molecule has 1 rings (SSSR count). The molecule has 1 aromatic rings. The van der Waals surface area contributed by atoms with Gasteiger partial charge < -0.3 is 26.0 Å². The first-order chi connectivity index (χ1) is 8.86. The number of aliphatic hydroxyl groups is 1. The number of aliphatic carboxylic acids is 1. The summed E-state index contributed by atoms with van der Waals surface area (Å²) in [5.74, 6) is -1.75. The molecule has 0 saturated heterocycles. The van der Waals surface area contributed by atoms with Crippen molar-refractivity contribution in [1.29, 1.82) is 0 Å². The molecule has 2 unspecified atom stereocenters. The molecule has 0 heterocycles. The molecule has 7 heteroatoms. The highest BCUT2D eigenvalue weighted by atomic mass is 16.5. The van der Waals surface area contributed by atoms with Gasteiger partial charge in [0.2, 0.25) is 0 Å². The van der Waals surface area contributed by atoms with Crippen LogP contribution >= 0.6 is 0 Å². The molecule has 1 amide bonds. The maximum atomic E-state index is 11.9. The molecule has 0 bridgehead atoms. The zero-order valence-electron chi connectivity index (χ0n) is 10.6. The smallest absolute Gasteiger partial charge is 0.328 e. The molecular formula is C12H16N2O5. The van der Waals surface area contributed by atoms with E-state index in [0.29, 0.717) is 5.69 Å². The highest BCUT2D eigenvalue weighted by Crippen LogP contribution is 2.21. The molecule has 104 valence electrons. The summed E-state index contributed by atoms with van der Waals surface area (Å²) in [6, 6.07) is 2.97. The molecule has 19 heavy (non-hydrogen) atoms. The molecule has 0 aromatic heterocycles. The maximum Gasteiger partial charge on any atom is 0.328 e. The van der Waals surface area contributed by atoms with Gasteiger partial charge in [0.05, 0.1) is 18.8 Å². The molecule has 1 aromatic carbocycles. The van der Waals surface area contributed by atoms with E-state index < -0.39 is 24.0 Å². The average molecular weight is 268 g/mol. The summed E-state index contributed by atoms with van der Waals surface area (Å²) in [5, 5.41) is 20.4. The number of benzene rings is 1. The van der Waals surface area contributed by atoms with Crippen LogP contribution in [0, 0.1) is 0 Å². The van der Waals surface area contributed by atoms with Crippen LogP contribution in [0.25, 0.3) is 0 Å². The second-order valence-electron chi connectivity index (χ2n) is 3.99. The quantitative estimate of drug-likeness (QED) is 0.550. The number of nitrogens with two attached hydrogens (primary N) is 1. The van der Waals surface area contributed by atoms with E-state index in [1.165, 1.54) is 32.2 Å². The standard InChI is InChI=1S/C12H16N2O5/c1-6(15)10(12(17)18)14-11(16)8-4-3-7(13)5-9(8)19-2/h3-6,10,15H,13H2,1-2H3,(H,14,16)(H,17,18). The number of carbonyl (C=O) groups excluding carboxylic acids is 1. The highest BCUT2D eigenvalue weighted by molar-refractivity contribution is 5.99. The van der Waals surface area contributed by atoms with Crippen LogP contribution in [0.5, 0.6) is 5.75 Å². The van der Waals surface area contributed by atoms with Gasteiger partial charge in [-0.05, 0) is 19.1 Å². The van der Waals surface area contributed by atoms with Gasteiger partial charge in [0.1, 0.15) is 5.75 Å². The van der Waals surface area contributed by atoms with Gasteiger partial charge in [0.15, 0.2) is 6.04 Å². The molecule has 0 radical (unpaired) electrons. The van der Waals surface area contributed by atoms with E-state index in [1.54, 1.807) is 0 Å². The number of methoxy groups -OCH3 is 1. The second kappa shape index (κ2) is 6.05. The monoisotopic (exact) mass is 268 g/mol. The summed E-state index contributed by atoms with van der Waals surface area (Å²) in [5.41, 5.74) is 6.11. The van der Waals surface area contributed by atoms with Gasteiger partial charge in [0.25, 0.3) is 5.91 Å². The normalized spacial score (nSPS) is 13.4. The van der Waals surface area contributed by atoms with Crippen LogP contribution in [-0.4, -0.2) is 41.3 Å². The Bertz CT molecular complexity index is 487. The number of hydrogen-bond acceptors (Lipinski definition) is 5. The number of carboxylic acids is 1. The van der Waals surface area contributed by atoms with Crippen molar-refractivity contribution in [3.05, 3.63) is 23.8 Å². The van der Waals surface area contributed by atoms with Crippen LogP contribution < -0.4 is 15.8 Å². The van der Waals surface area contributed by atoms with Crippen molar-refractivity contribution in [2.45, 2.75) is 19.1 Å². The molecule has 0 spiro atoms. The molecule has 0 aliphatic heterocycles. The SMILES string of the molecule is COc1cc(N)ccc1C(=O)NC(C(=O)O)C(C)O. The van der Waals surface area contributed by atoms with Crippen molar-refractivity contribution >= 4 is 17.6 Å². The molecule has 5 N–H and O–H groups in total. The zero-order chi connectivity index (χ0) is 14.6. The van der Waals surface area contributed by atoms with E-state index >= 15 is 0 Å². The van der Waals surface area contributed by atoms with Gasteiger partial charge in [-0.25, -0.2) is 4.79 Å². The lowest BCUT2D eigenvalue weighted by Gasteiger charge is -2.18. The first-order valence-corrected chi connectivity index (χ1v) is 5.52. The first kappa shape index (κ1) is 14.8. The van der Waals surface area contributed by atoms with Gasteiger partial charge in [-0.3, -0.25) is 4.79 Å². The molecule has 0 fully saturated rings. The molecular weight excluding hydrogens is 252 g/mol. The van der Waals surface area contributed by atoms with Crippen molar-refractivity contribution in [1.82, 2.24) is 5.32 Å². The largest absolute Gasteiger partial charge is 0.496 e. The fourth-order valence-corrected chi connectivity index (χ4v) is 1.50. The third-order valence-corrected chi connectivity index (χ3v) is 2.51. The van der Waals surface area contributed by atoms with Gasteiger partial charge >= 0.3 is 5.97 Å². The number of aliphatic hydroxyl groups excluding tert-OH is 1. The molecule has 0 saturated carbocycles. The molecule has 7 nitrogen and oxygen atoms in total. The Balaban J connectivity index is 2.97. The Morgan fingerprint density at radius 1 is 1.42 bits per heavy atom. The van der Waals surface area contributed by atoms with Crippen molar-refractivity contribution in [3.63, 3.8) is 0 Å². The number of anilines is 1. The van der Waals surface area contributed by atoms with E-state index in [-0.39, 0.29) is 11.3 Å². The lowest BCUT2D eigenvalue weighted by molar-refractivity contribution is -0.141. The van der Waals surface area contributed by atoms with Gasteiger partial charge in [-0.1, -0.05) is 0 Å². The summed E-state index contributed by atoms with van der Waals surface area (Å²) in [7, 11) is 1.37. The predicted octanol–water partition coefficient (Wildman–Crippen LogP) is -0.159. The fourth-order valence-electron chi connectivity index (χ4n) is 1.50. The Morgan fingerprint density at radius 3 is 2.53 bits per heavy atom. The third kappa shape index (κ3) is 3.59. The zero-order valence-corrected chi connectivity index (χ0v) is 10.6. The summed E-state index contributed by atoms with van der Waals surface area (Å²) in [6.45, 7) is 1.28. The number of rotatable bonds is 5. The van der Waals surface area contributed by atoms with Crippen LogP contribution in [0.4, 0.5) is 5.69 Å². The number of carboxylic acid groups (broad SMARTS) is 1. The number of hydrogen-bond donors (Lipinski definition) is 4. The molecule has 2 atom stereocenters. The lowest BCUT2D eigenvalue weighted by atomic mass is 10.1. The van der Waals surface area contributed by atoms with Gasteiger partial charge in [-0.15, -0.1) is 0 Å². The van der Waals surface area contributed by atoms with Crippen LogP contribution in [0.15, 0.2) is 18.2 Å². The lowest BCUT2D eigenvalue weighted by Crippen LogP contribution is -2.47. The summed E-state index contributed by atoms with van der Waals surface area (Å²) < 4.78 is 5.00. The number of amides is 1. The van der Waals surface area contributed by atoms with Crippen LogP contribution in [0.2, 0.25) is 0 Å². The topological polar surface area (TPSA) is 122 Å². The highest BCUT2D eigenvalue weighted by Gasteiger charge is 2.26. The van der Waals surface area contributed by atoms with Gasteiger partial charge in [0, 0.05) is 11.8 Å². The van der Waals surface area contributed by atoms with Crippen molar-refractivity contribution < 1.29 is 24.5 Å². The minimum absolute atomic E-state index is 0.142. The van der Waals surface area contributed by atoms with E-state index in [1.807, 2.05) is 0 Å². The first-order valence-electron chi connectivity index (χ1n) is 5.52. The van der Waals surface area contributed by atoms with Gasteiger partial charge in [-0.2, -0.15) is 0 Å². The molecule has 0 aliphatic rings. The van der Waals surface area contributed by atoms with E-state index in [0.717, 1.165) is 0 Å². The van der Waals surface area contributed by atoms with E-state index in [2.05, 4.69) is 5.32 Å². The minimum Gasteiger partial charge on any atom is -0.496 e. The minimum atomic E-state index is -1.39. The Kier molecular flexibility index (Phi) is 4.71. The van der Waals surface area contributed by atoms with Crippen molar-refractivity contribution in [2.75, 3.05) is 12.8 Å². The average Bonchev–Trinajstić information content (AvgIpc) is 2.34. The predicted molar refractivity (Wildman–Crippen MR) is 68.0 cm³/mol. The Labute approximate surface area is 110 Å². The van der Waals surface area contributed by atoms with E-state index in [4.69, 9.17) is 15.6 Å². The maximum absolute atomic E-state index is 11.9. The van der Waals surface area contributed by atoms with Crippen LogP contribution in [-0.2, 0) is 4.79 Å². The van der Waals surface area contributed by atoms with Crippen LogP contribution in [0.3, 0.4) is 0 Å². The number of ether oxygens (including phenoxy) is 1. The number of carbonyl (C=O) groups is 2. The number of nitrogens with one attached hydrogen (secondary N) is 1. The van der Waals surface area contributed by atoms with Crippen molar-refractivity contribution in [2.24, 2.45) is 0 Å². The Morgan fingerprint density at radius 2 is 2.05 bits per heavy atom. The second-order valence-corrected chi connectivity index (χ2v) is 3.99. The fraction of sp³-hybridized carbons (Fsp3) is 0.333. The van der Waals surface area contributed by atoms with Crippen LogP contribution in [0.1, 0.15) is 17.3 Å². The Hall–Kier alpha value is -2.28. The summed E-state index contributed by atoms with van der Waals surface area (Å²) in [4.78, 5) is 22.8.